The zero-order valence-corrected chi connectivity index (χ0v) is 8.06. The fourth-order valence-electron chi connectivity index (χ4n) is 1.94. The van der Waals surface area contributed by atoms with Crippen LogP contribution in [0.15, 0.2) is 6.20 Å². The molecule has 1 saturated heterocycles. The maximum atomic E-state index is 12.6. The molecule has 0 saturated carbocycles. The third kappa shape index (κ3) is 2.14. The van der Waals surface area contributed by atoms with Gasteiger partial charge in [0.1, 0.15) is 0 Å². The molecule has 2 N–H and O–H groups in total. The molecular formula is C9H12F3N3. The normalized spacial score (nSPS) is 19.4. The second kappa shape index (κ2) is 3.84. The summed E-state index contributed by atoms with van der Waals surface area (Å²) in [6.07, 6.45) is -1.97. The van der Waals surface area contributed by atoms with Gasteiger partial charge in [0.15, 0.2) is 0 Å². The quantitative estimate of drug-likeness (QED) is 0.757. The van der Waals surface area contributed by atoms with Gasteiger partial charge in [-0.2, -0.15) is 18.3 Å². The first-order valence-electron chi connectivity index (χ1n) is 4.90. The van der Waals surface area contributed by atoms with Crippen molar-refractivity contribution in [2.45, 2.75) is 24.9 Å². The Balaban J connectivity index is 2.24. The predicted molar refractivity (Wildman–Crippen MR) is 48.4 cm³/mol. The summed E-state index contributed by atoms with van der Waals surface area (Å²) in [6, 6.07) is 0. The van der Waals surface area contributed by atoms with Crippen molar-refractivity contribution >= 4 is 0 Å². The molecule has 2 rings (SSSR count). The largest absolute Gasteiger partial charge is 0.419 e. The van der Waals surface area contributed by atoms with E-state index < -0.39 is 11.7 Å². The lowest BCUT2D eigenvalue weighted by molar-refractivity contribution is -0.138. The summed E-state index contributed by atoms with van der Waals surface area (Å²) < 4.78 is 37.7. The molecular weight excluding hydrogens is 207 g/mol. The van der Waals surface area contributed by atoms with E-state index in [1.165, 1.54) is 0 Å². The number of hydrogen-bond donors (Lipinski definition) is 2. The summed E-state index contributed by atoms with van der Waals surface area (Å²) in [5.41, 5.74) is -0.376. The minimum absolute atomic E-state index is 0.0506. The highest BCUT2D eigenvalue weighted by molar-refractivity contribution is 5.24. The van der Waals surface area contributed by atoms with Crippen molar-refractivity contribution in [3.63, 3.8) is 0 Å². The smallest absolute Gasteiger partial charge is 0.317 e. The highest BCUT2D eigenvalue weighted by atomic mass is 19.4. The Labute approximate surface area is 85.1 Å². The van der Waals surface area contributed by atoms with Gasteiger partial charge in [0.25, 0.3) is 0 Å². The number of aromatic amines is 1. The van der Waals surface area contributed by atoms with Crippen molar-refractivity contribution in [1.29, 1.82) is 0 Å². The topological polar surface area (TPSA) is 40.7 Å². The molecule has 0 unspecified atom stereocenters. The number of piperidine rings is 1. The molecule has 0 bridgehead atoms. The van der Waals surface area contributed by atoms with Gasteiger partial charge in [-0.15, -0.1) is 0 Å². The molecule has 1 aliphatic heterocycles. The van der Waals surface area contributed by atoms with E-state index in [0.717, 1.165) is 32.1 Å². The van der Waals surface area contributed by atoms with Crippen LogP contribution in [0.4, 0.5) is 13.2 Å². The van der Waals surface area contributed by atoms with Crippen LogP contribution < -0.4 is 5.32 Å². The predicted octanol–water partition coefficient (Wildman–Crippen LogP) is 1.90. The van der Waals surface area contributed by atoms with Crippen molar-refractivity contribution in [3.8, 4) is 0 Å². The van der Waals surface area contributed by atoms with Gasteiger partial charge in [0.2, 0.25) is 0 Å². The number of nitrogens with one attached hydrogen (secondary N) is 2. The van der Waals surface area contributed by atoms with E-state index in [0.29, 0.717) is 0 Å². The third-order valence-electron chi connectivity index (χ3n) is 2.72. The summed E-state index contributed by atoms with van der Waals surface area (Å²) in [7, 11) is 0. The van der Waals surface area contributed by atoms with Crippen molar-refractivity contribution < 1.29 is 13.2 Å². The summed E-state index contributed by atoms with van der Waals surface area (Å²) >= 11 is 0. The van der Waals surface area contributed by atoms with Crippen LogP contribution >= 0.6 is 0 Å². The monoisotopic (exact) mass is 219 g/mol. The lowest BCUT2D eigenvalue weighted by atomic mass is 9.92. The molecule has 0 atom stereocenters. The van der Waals surface area contributed by atoms with Gasteiger partial charge in [-0.25, -0.2) is 0 Å². The van der Waals surface area contributed by atoms with Crippen LogP contribution in [0.5, 0.6) is 0 Å². The number of aromatic nitrogens is 2. The van der Waals surface area contributed by atoms with Gasteiger partial charge in [-0.3, -0.25) is 5.10 Å². The van der Waals surface area contributed by atoms with Crippen LogP contribution in [0.2, 0.25) is 0 Å². The van der Waals surface area contributed by atoms with Gasteiger partial charge >= 0.3 is 6.18 Å². The summed E-state index contributed by atoms with van der Waals surface area (Å²) in [6.45, 7) is 1.53. The van der Waals surface area contributed by atoms with Crippen LogP contribution in [-0.4, -0.2) is 23.3 Å². The zero-order chi connectivity index (χ0) is 10.9. The minimum atomic E-state index is -4.30. The molecule has 0 aromatic carbocycles. The first-order chi connectivity index (χ1) is 7.09. The van der Waals surface area contributed by atoms with Gasteiger partial charge < -0.3 is 5.32 Å². The molecule has 1 aromatic rings. The lowest BCUT2D eigenvalue weighted by Crippen LogP contribution is -2.27. The van der Waals surface area contributed by atoms with E-state index in [1.54, 1.807) is 0 Å². The van der Waals surface area contributed by atoms with E-state index in [4.69, 9.17) is 0 Å². The maximum Gasteiger partial charge on any atom is 0.419 e. The highest BCUT2D eigenvalue weighted by Crippen LogP contribution is 2.36. The number of halogens is 3. The minimum Gasteiger partial charge on any atom is -0.317 e. The molecule has 1 aliphatic rings. The van der Waals surface area contributed by atoms with Crippen molar-refractivity contribution in [2.24, 2.45) is 0 Å². The molecule has 84 valence electrons. The van der Waals surface area contributed by atoms with Crippen molar-refractivity contribution in [1.82, 2.24) is 15.5 Å². The fourth-order valence-corrected chi connectivity index (χ4v) is 1.94. The van der Waals surface area contributed by atoms with Gasteiger partial charge in [0, 0.05) is 5.92 Å². The molecule has 1 fully saturated rings. The maximum absolute atomic E-state index is 12.6. The van der Waals surface area contributed by atoms with E-state index in [9.17, 15) is 13.2 Å². The van der Waals surface area contributed by atoms with E-state index in [-0.39, 0.29) is 11.6 Å². The molecule has 2 heterocycles. The summed E-state index contributed by atoms with van der Waals surface area (Å²) in [5, 5.41) is 9.10. The Kier molecular flexibility index (Phi) is 2.68. The zero-order valence-electron chi connectivity index (χ0n) is 8.06. The van der Waals surface area contributed by atoms with Crippen molar-refractivity contribution in [2.75, 3.05) is 13.1 Å². The molecule has 15 heavy (non-hydrogen) atoms. The third-order valence-corrected chi connectivity index (χ3v) is 2.72. The average Bonchev–Trinajstić information content (AvgIpc) is 2.67. The Morgan fingerprint density at radius 2 is 1.93 bits per heavy atom. The van der Waals surface area contributed by atoms with Gasteiger partial charge in [-0.05, 0) is 25.9 Å². The van der Waals surface area contributed by atoms with Crippen LogP contribution in [0, 0.1) is 0 Å². The molecule has 3 nitrogen and oxygen atoms in total. The molecule has 6 heteroatoms. The molecule has 0 radical (unpaired) electrons. The van der Waals surface area contributed by atoms with Gasteiger partial charge in [-0.1, -0.05) is 0 Å². The Morgan fingerprint density at radius 3 is 2.53 bits per heavy atom. The van der Waals surface area contributed by atoms with E-state index >= 15 is 0 Å². The molecule has 1 aromatic heterocycles. The van der Waals surface area contributed by atoms with E-state index in [2.05, 4.69) is 15.5 Å². The SMILES string of the molecule is FC(F)(F)c1cn[nH]c1C1CCNCC1. The second-order valence-corrected chi connectivity index (χ2v) is 3.72. The van der Waals surface area contributed by atoms with E-state index in [1.807, 2.05) is 0 Å². The fraction of sp³-hybridized carbons (Fsp3) is 0.667. The van der Waals surface area contributed by atoms with Crippen LogP contribution in [-0.2, 0) is 6.18 Å². The summed E-state index contributed by atoms with van der Waals surface area (Å²) in [5.74, 6) is -0.0506. The lowest BCUT2D eigenvalue weighted by Gasteiger charge is -2.22. The molecule has 0 spiro atoms. The average molecular weight is 219 g/mol. The number of rotatable bonds is 1. The number of alkyl halides is 3. The number of H-pyrrole nitrogens is 1. The first-order valence-corrected chi connectivity index (χ1v) is 4.90. The Bertz CT molecular complexity index is 326. The van der Waals surface area contributed by atoms with Gasteiger partial charge in [0.05, 0.1) is 17.5 Å². The second-order valence-electron chi connectivity index (χ2n) is 3.72. The van der Waals surface area contributed by atoms with Crippen LogP contribution in [0.3, 0.4) is 0 Å². The van der Waals surface area contributed by atoms with Crippen LogP contribution in [0.1, 0.15) is 30.0 Å². The highest BCUT2D eigenvalue weighted by Gasteiger charge is 2.37. The number of hydrogen-bond acceptors (Lipinski definition) is 2. The molecule has 0 amide bonds. The first kappa shape index (κ1) is 10.5. The standard InChI is InChI=1S/C9H12F3N3/c10-9(11,12)7-5-14-15-8(7)6-1-3-13-4-2-6/h5-6,13H,1-4H2,(H,14,15). The Morgan fingerprint density at radius 1 is 1.27 bits per heavy atom. The molecule has 0 aliphatic carbocycles. The summed E-state index contributed by atoms with van der Waals surface area (Å²) in [4.78, 5) is 0. The Hall–Kier alpha value is -1.04. The van der Waals surface area contributed by atoms with Crippen molar-refractivity contribution in [3.05, 3.63) is 17.5 Å². The number of nitrogens with zero attached hydrogens (tertiary/aromatic N) is 1. The van der Waals surface area contributed by atoms with Crippen LogP contribution in [0.25, 0.3) is 0 Å².